The van der Waals surface area contributed by atoms with Gasteiger partial charge < -0.3 is 9.67 Å². The highest BCUT2D eigenvalue weighted by Gasteiger charge is 2.30. The van der Waals surface area contributed by atoms with E-state index in [-0.39, 0.29) is 12.1 Å². The van der Waals surface area contributed by atoms with Crippen LogP contribution in [0.2, 0.25) is 5.02 Å². The topological polar surface area (TPSA) is 66.0 Å². The highest BCUT2D eigenvalue weighted by molar-refractivity contribution is 6.31. The van der Waals surface area contributed by atoms with Crippen LogP contribution in [0.3, 0.4) is 0 Å². The zero-order valence-electron chi connectivity index (χ0n) is 18.4. The quantitative estimate of drug-likeness (QED) is 0.293. The van der Waals surface area contributed by atoms with Gasteiger partial charge in [-0.3, -0.25) is 0 Å². The molecule has 0 unspecified atom stereocenters. The molecule has 1 aromatic heterocycles. The third-order valence-corrected chi connectivity index (χ3v) is 5.79. The van der Waals surface area contributed by atoms with E-state index >= 15 is 0 Å². The van der Waals surface area contributed by atoms with Crippen LogP contribution in [-0.2, 0) is 12.7 Å². The van der Waals surface area contributed by atoms with Gasteiger partial charge in [-0.1, -0.05) is 41.4 Å². The van der Waals surface area contributed by atoms with Crippen LogP contribution < -0.4 is 0 Å². The highest BCUT2D eigenvalue weighted by atomic mass is 35.5. The van der Waals surface area contributed by atoms with E-state index < -0.39 is 17.7 Å². The van der Waals surface area contributed by atoms with Gasteiger partial charge in [0.05, 0.1) is 28.3 Å². The summed E-state index contributed by atoms with van der Waals surface area (Å²) in [7, 11) is 0. The van der Waals surface area contributed by atoms with Crippen molar-refractivity contribution in [1.29, 1.82) is 5.26 Å². The second kappa shape index (κ2) is 9.32. The van der Waals surface area contributed by atoms with Crippen LogP contribution >= 0.6 is 11.6 Å². The van der Waals surface area contributed by atoms with Crippen LogP contribution in [0.25, 0.3) is 22.6 Å². The second-order valence-electron chi connectivity index (χ2n) is 8.13. The lowest BCUT2D eigenvalue weighted by atomic mass is 10.0. The van der Waals surface area contributed by atoms with Gasteiger partial charge in [0.1, 0.15) is 0 Å². The number of halogens is 4. The summed E-state index contributed by atoms with van der Waals surface area (Å²) in [5.41, 5.74) is 2.62. The molecule has 1 N–H and O–H groups in total. The fourth-order valence-corrected chi connectivity index (χ4v) is 4.15. The smallest absolute Gasteiger partial charge is 0.416 e. The van der Waals surface area contributed by atoms with E-state index in [1.54, 1.807) is 60.2 Å². The van der Waals surface area contributed by atoms with E-state index in [4.69, 9.17) is 16.7 Å². The zero-order valence-corrected chi connectivity index (χ0v) is 19.2. The number of hydrogen-bond acceptors (Lipinski definition) is 2. The molecule has 0 fully saturated rings. The predicted octanol–water partition coefficient (Wildman–Crippen LogP) is 7.43. The molecule has 0 saturated carbocycles. The number of alkyl halides is 3. The van der Waals surface area contributed by atoms with E-state index in [2.05, 4.69) is 6.07 Å². The van der Waals surface area contributed by atoms with Crippen molar-refractivity contribution < 1.29 is 23.1 Å². The molecule has 0 aliphatic carbocycles. The van der Waals surface area contributed by atoms with Gasteiger partial charge in [-0.05, 0) is 60.5 Å². The summed E-state index contributed by atoms with van der Waals surface area (Å²) in [5, 5.41) is 20.1. The maximum absolute atomic E-state index is 13.3. The van der Waals surface area contributed by atoms with E-state index in [1.165, 1.54) is 12.1 Å². The molecule has 0 aliphatic rings. The van der Waals surface area contributed by atoms with Crippen molar-refractivity contribution in [3.63, 3.8) is 0 Å². The van der Waals surface area contributed by atoms with Crippen LogP contribution in [0.5, 0.6) is 0 Å². The Labute approximate surface area is 204 Å². The standard InChI is InChI=1S/C27H18ClF3N2O2/c1-16-8-17(10-22(9-16)27(29,30)31)14-33-15-21(24-7-6-23(28)12-25(24)33)11-20(13-32)18-2-4-19(5-3-18)26(34)35/h2-12,15H,14H2,1H3,(H,34,35)/b20-11+. The summed E-state index contributed by atoms with van der Waals surface area (Å²) in [6.45, 7) is 1.79. The van der Waals surface area contributed by atoms with Gasteiger partial charge in [-0.15, -0.1) is 0 Å². The van der Waals surface area contributed by atoms with Gasteiger partial charge in [0.2, 0.25) is 0 Å². The lowest BCUT2D eigenvalue weighted by Crippen LogP contribution is -2.07. The molecule has 0 saturated heterocycles. The van der Waals surface area contributed by atoms with Crippen LogP contribution in [0.1, 0.15) is 38.2 Å². The molecule has 8 heteroatoms. The lowest BCUT2D eigenvalue weighted by Gasteiger charge is -2.12. The Balaban J connectivity index is 1.80. The molecule has 4 aromatic rings. The monoisotopic (exact) mass is 494 g/mol. The maximum Gasteiger partial charge on any atom is 0.416 e. The summed E-state index contributed by atoms with van der Waals surface area (Å²) in [6.07, 6.45) is -1.02. The Hall–Kier alpha value is -4.02. The van der Waals surface area contributed by atoms with Gasteiger partial charge in [-0.2, -0.15) is 18.4 Å². The van der Waals surface area contributed by atoms with Crippen molar-refractivity contribution in [2.45, 2.75) is 19.6 Å². The normalized spacial score (nSPS) is 12.1. The lowest BCUT2D eigenvalue weighted by molar-refractivity contribution is -0.137. The number of rotatable bonds is 5. The van der Waals surface area contributed by atoms with Crippen molar-refractivity contribution >= 4 is 40.1 Å². The van der Waals surface area contributed by atoms with Crippen LogP contribution in [0.4, 0.5) is 13.2 Å². The first-order chi connectivity index (χ1) is 16.5. The molecule has 0 bridgehead atoms. The Bertz CT molecular complexity index is 1510. The number of hydrogen-bond donors (Lipinski definition) is 1. The molecular formula is C27H18ClF3N2O2. The van der Waals surface area contributed by atoms with Gasteiger partial charge in [-0.25, -0.2) is 4.79 Å². The molecule has 0 radical (unpaired) electrons. The summed E-state index contributed by atoms with van der Waals surface area (Å²) in [6, 6.07) is 17.2. The highest BCUT2D eigenvalue weighted by Crippen LogP contribution is 2.32. The minimum atomic E-state index is -4.45. The molecule has 0 atom stereocenters. The van der Waals surface area contributed by atoms with Gasteiger partial charge in [0.25, 0.3) is 0 Å². The molecule has 176 valence electrons. The van der Waals surface area contributed by atoms with Crippen molar-refractivity contribution in [3.8, 4) is 6.07 Å². The molecular weight excluding hydrogens is 477 g/mol. The maximum atomic E-state index is 13.3. The predicted molar refractivity (Wildman–Crippen MR) is 129 cm³/mol. The first-order valence-corrected chi connectivity index (χ1v) is 10.8. The minimum absolute atomic E-state index is 0.105. The zero-order chi connectivity index (χ0) is 25.3. The number of benzene rings is 3. The Morgan fingerprint density at radius 3 is 2.40 bits per heavy atom. The molecule has 3 aromatic carbocycles. The van der Waals surface area contributed by atoms with Crippen molar-refractivity contribution in [3.05, 3.63) is 105 Å². The minimum Gasteiger partial charge on any atom is -0.478 e. The third-order valence-electron chi connectivity index (χ3n) is 5.56. The fourth-order valence-electron chi connectivity index (χ4n) is 3.98. The van der Waals surface area contributed by atoms with Crippen LogP contribution in [0.15, 0.2) is 66.9 Å². The average Bonchev–Trinajstić information content (AvgIpc) is 3.12. The van der Waals surface area contributed by atoms with Gasteiger partial charge in [0, 0.05) is 28.7 Å². The fraction of sp³-hybridized carbons (Fsp3) is 0.111. The third kappa shape index (κ3) is 5.23. The van der Waals surface area contributed by atoms with Crippen molar-refractivity contribution in [2.24, 2.45) is 0 Å². The first kappa shape index (κ1) is 24.1. The first-order valence-electron chi connectivity index (χ1n) is 10.5. The van der Waals surface area contributed by atoms with E-state index in [9.17, 15) is 23.2 Å². The number of fused-ring (bicyclic) bond motifs is 1. The van der Waals surface area contributed by atoms with E-state index in [0.717, 1.165) is 17.5 Å². The van der Waals surface area contributed by atoms with E-state index in [0.29, 0.717) is 38.4 Å². The summed E-state index contributed by atoms with van der Waals surface area (Å²) in [5.74, 6) is -1.07. The largest absolute Gasteiger partial charge is 0.478 e. The number of aromatic nitrogens is 1. The number of allylic oxidation sites excluding steroid dienone is 1. The number of aryl methyl sites for hydroxylation is 1. The molecule has 4 rings (SSSR count). The summed E-state index contributed by atoms with van der Waals surface area (Å²) >= 11 is 6.20. The van der Waals surface area contributed by atoms with Gasteiger partial charge >= 0.3 is 12.1 Å². The average molecular weight is 495 g/mol. The number of carbonyl (C=O) groups is 1. The number of carboxylic acid groups (broad SMARTS) is 1. The molecule has 1 heterocycles. The number of carboxylic acids is 1. The number of nitrogens with zero attached hydrogens (tertiary/aromatic N) is 2. The summed E-state index contributed by atoms with van der Waals surface area (Å²) < 4.78 is 41.7. The Morgan fingerprint density at radius 2 is 1.77 bits per heavy atom. The molecule has 4 nitrogen and oxygen atoms in total. The molecule has 0 spiro atoms. The van der Waals surface area contributed by atoms with Crippen LogP contribution in [0, 0.1) is 18.3 Å². The summed E-state index contributed by atoms with van der Waals surface area (Å²) in [4.78, 5) is 11.1. The molecule has 0 amide bonds. The SMILES string of the molecule is Cc1cc(Cn2cc(/C=C(\C#N)c3ccc(C(=O)O)cc3)c3ccc(Cl)cc32)cc(C(F)(F)F)c1. The van der Waals surface area contributed by atoms with Crippen molar-refractivity contribution in [2.75, 3.05) is 0 Å². The van der Waals surface area contributed by atoms with Crippen LogP contribution in [-0.4, -0.2) is 15.6 Å². The van der Waals surface area contributed by atoms with E-state index in [1.807, 2.05) is 0 Å². The van der Waals surface area contributed by atoms with Crippen molar-refractivity contribution in [1.82, 2.24) is 4.57 Å². The Kier molecular flexibility index (Phi) is 6.42. The number of nitriles is 1. The molecule has 0 aliphatic heterocycles. The van der Waals surface area contributed by atoms with Gasteiger partial charge in [0.15, 0.2) is 0 Å². The number of aromatic carboxylic acids is 1. The second-order valence-corrected chi connectivity index (χ2v) is 8.57. The molecule has 35 heavy (non-hydrogen) atoms. The Morgan fingerprint density at radius 1 is 1.09 bits per heavy atom.